The molecule has 0 radical (unpaired) electrons. The van der Waals surface area contributed by atoms with E-state index in [4.69, 9.17) is 4.74 Å². The highest BCUT2D eigenvalue weighted by Gasteiger charge is 2.10. The predicted molar refractivity (Wildman–Crippen MR) is 78.3 cm³/mol. The zero-order valence-corrected chi connectivity index (χ0v) is 11.7. The largest absolute Gasteiger partial charge is 0.492 e. The van der Waals surface area contributed by atoms with Crippen molar-refractivity contribution in [2.45, 2.75) is 19.9 Å². The van der Waals surface area contributed by atoms with Crippen LogP contribution < -0.4 is 10.1 Å². The molecule has 100 valence electrons. The Hall–Kier alpha value is -1.87. The van der Waals surface area contributed by atoms with Crippen molar-refractivity contribution in [3.63, 3.8) is 0 Å². The van der Waals surface area contributed by atoms with Gasteiger partial charge >= 0.3 is 0 Å². The third-order valence-corrected chi connectivity index (χ3v) is 3.20. The molecule has 0 fully saturated rings. The molecule has 2 rings (SSSR count). The van der Waals surface area contributed by atoms with Gasteiger partial charge in [-0.2, -0.15) is 0 Å². The van der Waals surface area contributed by atoms with Crippen LogP contribution in [0.25, 0.3) is 11.1 Å². The van der Waals surface area contributed by atoms with Crippen LogP contribution in [0.15, 0.2) is 42.7 Å². The molecule has 0 amide bonds. The lowest BCUT2D eigenvalue weighted by Crippen LogP contribution is -2.13. The van der Waals surface area contributed by atoms with E-state index in [-0.39, 0.29) is 0 Å². The van der Waals surface area contributed by atoms with Crippen LogP contribution in [-0.2, 0) is 0 Å². The summed E-state index contributed by atoms with van der Waals surface area (Å²) >= 11 is 0. The topological polar surface area (TPSA) is 34.1 Å². The van der Waals surface area contributed by atoms with Crippen LogP contribution in [0.5, 0.6) is 5.75 Å². The quantitative estimate of drug-likeness (QED) is 0.890. The van der Waals surface area contributed by atoms with Crippen LogP contribution in [0, 0.1) is 0 Å². The molecule has 3 heteroatoms. The molecular formula is C16H20N2O. The van der Waals surface area contributed by atoms with E-state index in [0.29, 0.717) is 12.6 Å². The maximum Gasteiger partial charge on any atom is 0.138 e. The summed E-state index contributed by atoms with van der Waals surface area (Å²) < 4.78 is 5.52. The Morgan fingerprint density at radius 3 is 2.79 bits per heavy atom. The number of hydrogen-bond donors (Lipinski definition) is 1. The van der Waals surface area contributed by atoms with Crippen LogP contribution in [0.3, 0.4) is 0 Å². The van der Waals surface area contributed by atoms with Gasteiger partial charge in [0.2, 0.25) is 0 Å². The van der Waals surface area contributed by atoms with Crippen molar-refractivity contribution in [3.8, 4) is 16.9 Å². The molecule has 0 aliphatic heterocycles. The second-order valence-electron chi connectivity index (χ2n) is 4.44. The molecule has 1 aromatic heterocycles. The SMILES string of the molecule is CCOc1cncc(-c2ccccc2C(C)NC)c1. The van der Waals surface area contributed by atoms with Crippen molar-refractivity contribution in [1.29, 1.82) is 0 Å². The van der Waals surface area contributed by atoms with Crippen molar-refractivity contribution >= 4 is 0 Å². The summed E-state index contributed by atoms with van der Waals surface area (Å²) in [4.78, 5) is 4.26. The molecule has 1 aromatic carbocycles. The molecule has 3 nitrogen and oxygen atoms in total. The molecule has 0 aliphatic rings. The lowest BCUT2D eigenvalue weighted by Gasteiger charge is -2.16. The molecule has 1 N–H and O–H groups in total. The Kier molecular flexibility index (Phi) is 4.53. The van der Waals surface area contributed by atoms with Crippen molar-refractivity contribution < 1.29 is 4.74 Å². The van der Waals surface area contributed by atoms with Crippen LogP contribution in [0.4, 0.5) is 0 Å². The highest BCUT2D eigenvalue weighted by molar-refractivity contribution is 5.68. The van der Waals surface area contributed by atoms with E-state index in [9.17, 15) is 0 Å². The maximum atomic E-state index is 5.52. The van der Waals surface area contributed by atoms with E-state index in [1.165, 1.54) is 11.1 Å². The Morgan fingerprint density at radius 2 is 2.05 bits per heavy atom. The van der Waals surface area contributed by atoms with E-state index < -0.39 is 0 Å². The fraction of sp³-hybridized carbons (Fsp3) is 0.312. The van der Waals surface area contributed by atoms with Crippen LogP contribution >= 0.6 is 0 Å². The minimum absolute atomic E-state index is 0.298. The molecule has 0 saturated heterocycles. The molecule has 1 unspecified atom stereocenters. The van der Waals surface area contributed by atoms with E-state index in [1.807, 2.05) is 26.2 Å². The molecule has 0 bridgehead atoms. The lowest BCUT2D eigenvalue weighted by atomic mass is 9.96. The van der Waals surface area contributed by atoms with Crippen LogP contribution in [-0.4, -0.2) is 18.6 Å². The lowest BCUT2D eigenvalue weighted by molar-refractivity contribution is 0.339. The van der Waals surface area contributed by atoms with Gasteiger partial charge in [-0.15, -0.1) is 0 Å². The third kappa shape index (κ3) is 3.12. The van der Waals surface area contributed by atoms with E-state index in [1.54, 1.807) is 6.20 Å². The Balaban J connectivity index is 2.43. The summed E-state index contributed by atoms with van der Waals surface area (Å²) in [6.07, 6.45) is 3.63. The molecule has 2 aromatic rings. The standard InChI is InChI=1S/C16H20N2O/c1-4-19-14-9-13(10-18-11-14)16-8-6-5-7-15(16)12(2)17-3/h5-12,17H,4H2,1-3H3. The zero-order valence-electron chi connectivity index (χ0n) is 11.7. The van der Waals surface area contributed by atoms with Crippen LogP contribution in [0.1, 0.15) is 25.5 Å². The third-order valence-electron chi connectivity index (χ3n) is 3.20. The minimum Gasteiger partial charge on any atom is -0.492 e. The van der Waals surface area contributed by atoms with Gasteiger partial charge in [-0.05, 0) is 38.1 Å². The first-order valence-electron chi connectivity index (χ1n) is 6.60. The molecule has 0 spiro atoms. The Morgan fingerprint density at radius 1 is 1.26 bits per heavy atom. The number of nitrogens with zero attached hydrogens (tertiary/aromatic N) is 1. The van der Waals surface area contributed by atoms with Crippen LogP contribution in [0.2, 0.25) is 0 Å². The molecule has 19 heavy (non-hydrogen) atoms. The predicted octanol–water partition coefficient (Wildman–Crippen LogP) is 3.43. The minimum atomic E-state index is 0.298. The Bertz CT molecular complexity index is 540. The van der Waals surface area contributed by atoms with Gasteiger partial charge in [0.1, 0.15) is 5.75 Å². The van der Waals surface area contributed by atoms with Gasteiger partial charge < -0.3 is 10.1 Å². The average molecular weight is 256 g/mol. The monoisotopic (exact) mass is 256 g/mol. The number of rotatable bonds is 5. The summed E-state index contributed by atoms with van der Waals surface area (Å²) in [6.45, 7) is 4.78. The number of nitrogens with one attached hydrogen (secondary N) is 1. The number of aromatic nitrogens is 1. The van der Waals surface area contributed by atoms with E-state index >= 15 is 0 Å². The summed E-state index contributed by atoms with van der Waals surface area (Å²) in [5.74, 6) is 0.812. The van der Waals surface area contributed by atoms with E-state index in [0.717, 1.165) is 11.3 Å². The first kappa shape index (κ1) is 13.6. The first-order valence-corrected chi connectivity index (χ1v) is 6.60. The average Bonchev–Trinajstić information content (AvgIpc) is 2.47. The van der Waals surface area contributed by atoms with Crippen molar-refractivity contribution in [1.82, 2.24) is 10.3 Å². The van der Waals surface area contributed by atoms with Crippen molar-refractivity contribution in [3.05, 3.63) is 48.3 Å². The van der Waals surface area contributed by atoms with Gasteiger partial charge in [-0.3, -0.25) is 4.98 Å². The summed E-state index contributed by atoms with van der Waals surface area (Å²) in [5, 5.41) is 3.28. The summed E-state index contributed by atoms with van der Waals surface area (Å²) in [5.41, 5.74) is 3.54. The number of ether oxygens (including phenoxy) is 1. The van der Waals surface area contributed by atoms with Gasteiger partial charge in [0.05, 0.1) is 12.8 Å². The number of pyridine rings is 1. The fourth-order valence-corrected chi connectivity index (χ4v) is 2.10. The highest BCUT2D eigenvalue weighted by Crippen LogP contribution is 2.29. The number of hydrogen-bond acceptors (Lipinski definition) is 3. The molecule has 0 aliphatic carbocycles. The molecule has 1 atom stereocenters. The summed E-state index contributed by atoms with van der Waals surface area (Å²) in [6, 6.07) is 10.7. The Labute approximate surface area is 114 Å². The molecular weight excluding hydrogens is 236 g/mol. The van der Waals surface area contributed by atoms with Crippen molar-refractivity contribution in [2.75, 3.05) is 13.7 Å². The van der Waals surface area contributed by atoms with Crippen molar-refractivity contribution in [2.24, 2.45) is 0 Å². The van der Waals surface area contributed by atoms with Gasteiger partial charge in [0.15, 0.2) is 0 Å². The maximum absolute atomic E-state index is 5.52. The van der Waals surface area contributed by atoms with Gasteiger partial charge in [0.25, 0.3) is 0 Å². The van der Waals surface area contributed by atoms with Gasteiger partial charge in [0, 0.05) is 17.8 Å². The zero-order chi connectivity index (χ0) is 13.7. The summed E-state index contributed by atoms with van der Waals surface area (Å²) in [7, 11) is 1.97. The van der Waals surface area contributed by atoms with Gasteiger partial charge in [-0.25, -0.2) is 0 Å². The van der Waals surface area contributed by atoms with Gasteiger partial charge in [-0.1, -0.05) is 24.3 Å². The van der Waals surface area contributed by atoms with E-state index in [2.05, 4.69) is 41.5 Å². The second-order valence-corrected chi connectivity index (χ2v) is 4.44. The first-order chi connectivity index (χ1) is 9.26. The smallest absolute Gasteiger partial charge is 0.138 e. The number of benzene rings is 1. The second kappa shape index (κ2) is 6.34. The fourth-order valence-electron chi connectivity index (χ4n) is 2.10. The normalized spacial score (nSPS) is 12.2. The molecule has 0 saturated carbocycles. The molecule has 1 heterocycles. The highest BCUT2D eigenvalue weighted by atomic mass is 16.5.